The molecule has 20 heavy (non-hydrogen) atoms. The summed E-state index contributed by atoms with van der Waals surface area (Å²) in [5, 5.41) is 0. The Morgan fingerprint density at radius 2 is 1.85 bits per heavy atom. The van der Waals surface area contributed by atoms with Gasteiger partial charge in [-0.15, -0.1) is 0 Å². The molecule has 0 saturated carbocycles. The van der Waals surface area contributed by atoms with Gasteiger partial charge in [0.1, 0.15) is 12.4 Å². The number of rotatable bonds is 6. The number of hydrogen-bond donors (Lipinski definition) is 0. The van der Waals surface area contributed by atoms with Gasteiger partial charge in [0.25, 0.3) is 0 Å². The number of aromatic nitrogens is 2. The van der Waals surface area contributed by atoms with Crippen molar-refractivity contribution >= 4 is 20.0 Å². The van der Waals surface area contributed by atoms with Crippen LogP contribution in [0.4, 0.5) is 13.2 Å². The minimum absolute atomic E-state index is 0.0616. The molecule has 0 spiro atoms. The van der Waals surface area contributed by atoms with E-state index in [0.29, 0.717) is 0 Å². The van der Waals surface area contributed by atoms with Crippen LogP contribution in [0.5, 0.6) is 0 Å². The lowest BCUT2D eigenvalue weighted by molar-refractivity contribution is -0.671. The zero-order valence-electron chi connectivity index (χ0n) is 10.3. The molecule has 0 aliphatic heterocycles. The van der Waals surface area contributed by atoms with Gasteiger partial charge in [-0.05, 0) is 6.42 Å². The number of sulfonamides is 2. The van der Waals surface area contributed by atoms with E-state index in [9.17, 15) is 30.0 Å². The largest absolute Gasteiger partial charge is 0.480 e. The van der Waals surface area contributed by atoms with Crippen LogP contribution in [-0.4, -0.2) is 32.7 Å². The normalized spacial score (nSPS) is 13.6. The first-order chi connectivity index (χ1) is 8.93. The van der Waals surface area contributed by atoms with Gasteiger partial charge >= 0.3 is 5.51 Å². The number of aryl methyl sites for hydroxylation is 2. The molecule has 12 heteroatoms. The maximum Gasteiger partial charge on any atom is 0.480 e. The number of alkyl halides is 3. The molecular weight excluding hydrogens is 323 g/mol. The van der Waals surface area contributed by atoms with Crippen LogP contribution in [-0.2, 0) is 33.6 Å². The first-order valence-corrected chi connectivity index (χ1v) is 8.27. The van der Waals surface area contributed by atoms with Crippen LogP contribution in [0.3, 0.4) is 0 Å². The average Bonchev–Trinajstić information content (AvgIpc) is 2.60. The Balaban J connectivity index is 2.59. The van der Waals surface area contributed by atoms with Crippen molar-refractivity contribution in [3.05, 3.63) is 22.8 Å². The van der Waals surface area contributed by atoms with Gasteiger partial charge in [-0.3, -0.25) is 0 Å². The van der Waals surface area contributed by atoms with E-state index >= 15 is 0 Å². The molecule has 7 nitrogen and oxygen atoms in total. The highest BCUT2D eigenvalue weighted by Gasteiger charge is 2.40. The van der Waals surface area contributed by atoms with Crippen LogP contribution in [0.25, 0.3) is 4.13 Å². The molecule has 0 bridgehead atoms. The highest BCUT2D eigenvalue weighted by molar-refractivity contribution is 8.12. The Hall–Kier alpha value is -1.14. The third-order valence-electron chi connectivity index (χ3n) is 2.15. The Kier molecular flexibility index (Phi) is 4.82. The van der Waals surface area contributed by atoms with Gasteiger partial charge < -0.3 is 4.13 Å². The standard InChI is InChI=1S/C8H12F3N3O4S2/c1-13-4-5-14(7-13)3-2-6-19(15,16)12-20(17,18)8(9,10)11/h4-5,7H,2-3,6H2,1H3. The molecule has 1 aromatic heterocycles. The van der Waals surface area contributed by atoms with E-state index in [-0.39, 0.29) is 13.0 Å². The molecule has 1 heterocycles. The van der Waals surface area contributed by atoms with Crippen molar-refractivity contribution in [1.82, 2.24) is 4.57 Å². The van der Waals surface area contributed by atoms with Crippen LogP contribution >= 0.6 is 0 Å². The minimum atomic E-state index is -6.02. The van der Waals surface area contributed by atoms with Gasteiger partial charge in [-0.2, -0.15) is 13.2 Å². The molecular formula is C8H12F3N3O4S2. The highest BCUT2D eigenvalue weighted by atomic mass is 32.3. The summed E-state index contributed by atoms with van der Waals surface area (Å²) >= 11 is 0. The quantitative estimate of drug-likeness (QED) is 0.697. The van der Waals surface area contributed by atoms with Gasteiger partial charge in [0.15, 0.2) is 10.0 Å². The number of nitrogens with zero attached hydrogens (tertiary/aromatic N) is 3. The van der Waals surface area contributed by atoms with Crippen molar-refractivity contribution in [2.24, 2.45) is 7.05 Å². The van der Waals surface area contributed by atoms with Crippen LogP contribution in [0, 0.1) is 0 Å². The number of imidazole rings is 1. The summed E-state index contributed by atoms with van der Waals surface area (Å²) in [7, 11) is -8.97. The first kappa shape index (κ1) is 16.9. The van der Waals surface area contributed by atoms with Crippen LogP contribution < -0.4 is 4.57 Å². The van der Waals surface area contributed by atoms with Gasteiger partial charge in [0.05, 0.1) is 23.6 Å². The van der Waals surface area contributed by atoms with E-state index in [1.807, 2.05) is 4.13 Å². The molecule has 0 unspecified atom stereocenters. The summed E-state index contributed by atoms with van der Waals surface area (Å²) in [4.78, 5) is 0. The molecule has 0 atom stereocenters. The predicted octanol–water partition coefficient (Wildman–Crippen LogP) is 0.256. The van der Waals surface area contributed by atoms with Crippen molar-refractivity contribution in [2.45, 2.75) is 18.5 Å². The van der Waals surface area contributed by atoms with E-state index in [1.165, 1.54) is 0 Å². The Labute approximate surface area is 114 Å². The highest BCUT2D eigenvalue weighted by Crippen LogP contribution is 2.30. The van der Waals surface area contributed by atoms with E-state index in [0.717, 1.165) is 0 Å². The monoisotopic (exact) mass is 335 g/mol. The first-order valence-electron chi connectivity index (χ1n) is 5.22. The topological polar surface area (TPSA) is 91.2 Å². The molecule has 0 aromatic carbocycles. The summed E-state index contributed by atoms with van der Waals surface area (Å²) in [5.41, 5.74) is -5.71. The summed E-state index contributed by atoms with van der Waals surface area (Å²) in [6.45, 7) is 0.210. The van der Waals surface area contributed by atoms with Crippen molar-refractivity contribution < 1.29 is 34.6 Å². The average molecular weight is 335 g/mol. The van der Waals surface area contributed by atoms with Gasteiger partial charge in [0.2, 0.25) is 6.33 Å². The fourth-order valence-electron chi connectivity index (χ4n) is 1.29. The minimum Gasteiger partial charge on any atom is -0.428 e. The number of halogens is 3. The van der Waals surface area contributed by atoms with Gasteiger partial charge in [-0.1, -0.05) is 0 Å². The molecule has 0 radical (unpaired) electrons. The molecule has 0 aliphatic rings. The summed E-state index contributed by atoms with van der Waals surface area (Å²) in [6, 6.07) is 0. The predicted molar refractivity (Wildman–Crippen MR) is 62.3 cm³/mol. The number of hydrogen-bond acceptors (Lipinski definition) is 4. The van der Waals surface area contributed by atoms with E-state index in [1.54, 1.807) is 34.9 Å². The second-order valence-electron chi connectivity index (χ2n) is 3.95. The summed E-state index contributed by atoms with van der Waals surface area (Å²) in [5.74, 6) is -0.787. The van der Waals surface area contributed by atoms with Crippen molar-refractivity contribution in [3.8, 4) is 0 Å². The summed E-state index contributed by atoms with van der Waals surface area (Å²) < 4.78 is 85.0. The molecule has 0 amide bonds. The zero-order valence-corrected chi connectivity index (χ0v) is 11.9. The molecule has 0 aliphatic carbocycles. The maximum absolute atomic E-state index is 12.0. The SMILES string of the molecule is C[n+]1ccn(CCCS(=O)(=O)[N-]S(=O)(=O)C(F)(F)F)c1. The smallest absolute Gasteiger partial charge is 0.428 e. The van der Waals surface area contributed by atoms with Gasteiger partial charge in [0, 0.05) is 5.75 Å². The van der Waals surface area contributed by atoms with E-state index in [2.05, 4.69) is 0 Å². The van der Waals surface area contributed by atoms with Crippen LogP contribution in [0.1, 0.15) is 6.42 Å². The molecule has 0 N–H and O–H groups in total. The lowest BCUT2D eigenvalue weighted by Crippen LogP contribution is -2.25. The third-order valence-corrected chi connectivity index (χ3v) is 5.23. The molecule has 0 fully saturated rings. The Bertz CT molecular complexity index is 663. The third kappa shape index (κ3) is 4.76. The van der Waals surface area contributed by atoms with Crippen LogP contribution in [0.2, 0.25) is 0 Å². The second-order valence-corrected chi connectivity index (χ2v) is 7.53. The van der Waals surface area contributed by atoms with Crippen LogP contribution in [0.15, 0.2) is 18.7 Å². The lowest BCUT2D eigenvalue weighted by atomic mass is 10.5. The lowest BCUT2D eigenvalue weighted by Gasteiger charge is -2.21. The van der Waals surface area contributed by atoms with E-state index < -0.39 is 31.3 Å². The molecule has 1 rings (SSSR count). The molecule has 1 aromatic rings. The van der Waals surface area contributed by atoms with Crippen molar-refractivity contribution in [2.75, 3.05) is 5.75 Å². The molecule has 116 valence electrons. The Morgan fingerprint density at radius 1 is 1.25 bits per heavy atom. The fraction of sp³-hybridized carbons (Fsp3) is 0.625. The summed E-state index contributed by atoms with van der Waals surface area (Å²) in [6.07, 6.45) is 4.90. The second kappa shape index (κ2) is 5.69. The van der Waals surface area contributed by atoms with Crippen molar-refractivity contribution in [1.29, 1.82) is 0 Å². The molecule has 0 saturated heterocycles. The fourth-order valence-corrected chi connectivity index (χ4v) is 3.62. The Morgan fingerprint density at radius 3 is 2.30 bits per heavy atom. The zero-order chi connectivity index (χ0) is 15.6. The maximum atomic E-state index is 12.0. The van der Waals surface area contributed by atoms with Crippen molar-refractivity contribution in [3.63, 3.8) is 0 Å². The van der Waals surface area contributed by atoms with E-state index in [4.69, 9.17) is 0 Å². The van der Waals surface area contributed by atoms with Gasteiger partial charge in [-0.25, -0.2) is 26.0 Å².